The lowest BCUT2D eigenvalue weighted by molar-refractivity contribution is 0.527. The minimum atomic E-state index is 0.376. The van der Waals surface area contributed by atoms with Gasteiger partial charge in [0.15, 0.2) is 11.0 Å². The molecule has 1 unspecified atom stereocenters. The third-order valence-corrected chi connectivity index (χ3v) is 2.49. The van der Waals surface area contributed by atoms with E-state index in [1.54, 1.807) is 12.4 Å². The van der Waals surface area contributed by atoms with Crippen molar-refractivity contribution in [2.24, 2.45) is 5.92 Å². The molecule has 1 atom stereocenters. The van der Waals surface area contributed by atoms with Crippen molar-refractivity contribution in [3.63, 3.8) is 0 Å². The van der Waals surface area contributed by atoms with Crippen LogP contribution in [0.2, 0.25) is 5.15 Å². The summed E-state index contributed by atoms with van der Waals surface area (Å²) in [5.41, 5.74) is 0. The maximum Gasteiger partial charge on any atom is 0.171 e. The van der Waals surface area contributed by atoms with Crippen molar-refractivity contribution in [1.29, 1.82) is 0 Å². The first kappa shape index (κ1) is 12.2. The van der Waals surface area contributed by atoms with Crippen LogP contribution in [0.1, 0.15) is 33.6 Å². The van der Waals surface area contributed by atoms with Crippen LogP contribution in [0.15, 0.2) is 12.4 Å². The second kappa shape index (κ2) is 5.91. The van der Waals surface area contributed by atoms with Crippen LogP contribution < -0.4 is 5.32 Å². The third-order valence-electron chi connectivity index (χ3n) is 2.21. The number of anilines is 1. The van der Waals surface area contributed by atoms with Crippen molar-refractivity contribution >= 4 is 17.4 Å². The summed E-state index contributed by atoms with van der Waals surface area (Å²) in [5.74, 6) is 1.40. The lowest BCUT2D eigenvalue weighted by atomic mass is 10.0. The predicted molar refractivity (Wildman–Crippen MR) is 64.2 cm³/mol. The van der Waals surface area contributed by atoms with Gasteiger partial charge in [0.25, 0.3) is 0 Å². The molecular weight excluding hydrogens is 210 g/mol. The number of nitrogens with one attached hydrogen (secondary N) is 1. The lowest BCUT2D eigenvalue weighted by Crippen LogP contribution is -2.17. The van der Waals surface area contributed by atoms with E-state index >= 15 is 0 Å². The first-order valence-corrected chi connectivity index (χ1v) is 5.70. The van der Waals surface area contributed by atoms with E-state index in [0.717, 1.165) is 12.3 Å². The molecule has 1 aromatic heterocycles. The van der Waals surface area contributed by atoms with Crippen LogP contribution in [0.5, 0.6) is 0 Å². The highest BCUT2D eigenvalue weighted by molar-refractivity contribution is 6.31. The molecule has 84 valence electrons. The van der Waals surface area contributed by atoms with Crippen LogP contribution in [-0.4, -0.2) is 16.0 Å². The Hall–Kier alpha value is -0.830. The molecule has 0 spiro atoms. The molecule has 0 saturated carbocycles. The van der Waals surface area contributed by atoms with Gasteiger partial charge < -0.3 is 5.32 Å². The van der Waals surface area contributed by atoms with E-state index in [9.17, 15) is 0 Å². The van der Waals surface area contributed by atoms with Gasteiger partial charge in [-0.2, -0.15) is 0 Å². The lowest BCUT2D eigenvalue weighted by Gasteiger charge is -2.15. The molecule has 15 heavy (non-hydrogen) atoms. The van der Waals surface area contributed by atoms with E-state index in [4.69, 9.17) is 11.6 Å². The molecule has 1 aromatic rings. The van der Waals surface area contributed by atoms with Gasteiger partial charge in [-0.1, -0.05) is 25.4 Å². The molecule has 0 aromatic carbocycles. The maximum atomic E-state index is 5.89. The molecule has 0 bridgehead atoms. The van der Waals surface area contributed by atoms with Gasteiger partial charge in [-0.05, 0) is 25.7 Å². The third kappa shape index (κ3) is 4.47. The van der Waals surface area contributed by atoms with E-state index in [1.807, 2.05) is 0 Å². The van der Waals surface area contributed by atoms with Crippen molar-refractivity contribution in [3.8, 4) is 0 Å². The summed E-state index contributed by atoms with van der Waals surface area (Å²) in [6.45, 7) is 6.58. The van der Waals surface area contributed by atoms with Crippen LogP contribution in [0, 0.1) is 5.92 Å². The van der Waals surface area contributed by atoms with Gasteiger partial charge in [0, 0.05) is 18.4 Å². The van der Waals surface area contributed by atoms with Crippen molar-refractivity contribution in [2.45, 2.75) is 39.7 Å². The molecule has 0 aliphatic rings. The normalized spacial score (nSPS) is 12.9. The van der Waals surface area contributed by atoms with Crippen molar-refractivity contribution in [1.82, 2.24) is 9.97 Å². The highest BCUT2D eigenvalue weighted by atomic mass is 35.5. The minimum absolute atomic E-state index is 0.376. The van der Waals surface area contributed by atoms with Crippen LogP contribution in [0.4, 0.5) is 5.82 Å². The quantitative estimate of drug-likeness (QED) is 0.838. The van der Waals surface area contributed by atoms with Crippen molar-refractivity contribution in [2.75, 3.05) is 5.32 Å². The van der Waals surface area contributed by atoms with E-state index in [1.165, 1.54) is 6.42 Å². The van der Waals surface area contributed by atoms with Gasteiger partial charge in [0.1, 0.15) is 0 Å². The second-order valence-electron chi connectivity index (χ2n) is 4.21. The first-order valence-electron chi connectivity index (χ1n) is 5.32. The van der Waals surface area contributed by atoms with Gasteiger partial charge >= 0.3 is 0 Å². The fraction of sp³-hybridized carbons (Fsp3) is 0.636. The van der Waals surface area contributed by atoms with Gasteiger partial charge in [-0.3, -0.25) is 0 Å². The van der Waals surface area contributed by atoms with Crippen molar-refractivity contribution < 1.29 is 0 Å². The molecule has 0 amide bonds. The number of nitrogens with zero attached hydrogens (tertiary/aromatic N) is 2. The van der Waals surface area contributed by atoms with Gasteiger partial charge in [-0.15, -0.1) is 0 Å². The SMILES string of the molecule is CC(C)CCC(C)Nc1nccnc1Cl. The molecule has 0 saturated heterocycles. The molecule has 4 heteroatoms. The number of halogens is 1. The number of rotatable bonds is 5. The Bertz CT molecular complexity index is 302. The van der Waals surface area contributed by atoms with Crippen LogP contribution >= 0.6 is 11.6 Å². The summed E-state index contributed by atoms with van der Waals surface area (Å²) in [6, 6.07) is 0.376. The summed E-state index contributed by atoms with van der Waals surface area (Å²) in [7, 11) is 0. The Morgan fingerprint density at radius 1 is 1.20 bits per heavy atom. The topological polar surface area (TPSA) is 37.8 Å². The Kier molecular flexibility index (Phi) is 4.82. The molecule has 0 aliphatic carbocycles. The molecular formula is C11H18ClN3. The van der Waals surface area contributed by atoms with Crippen LogP contribution in [0.3, 0.4) is 0 Å². The fourth-order valence-corrected chi connectivity index (χ4v) is 1.47. The van der Waals surface area contributed by atoms with Crippen LogP contribution in [-0.2, 0) is 0 Å². The van der Waals surface area contributed by atoms with Gasteiger partial charge in [0.05, 0.1) is 0 Å². The summed E-state index contributed by atoms with van der Waals surface area (Å²) in [5, 5.41) is 3.70. The summed E-state index contributed by atoms with van der Waals surface area (Å²) in [6.07, 6.45) is 5.55. The zero-order valence-corrected chi connectivity index (χ0v) is 10.3. The zero-order chi connectivity index (χ0) is 11.3. The van der Waals surface area contributed by atoms with E-state index in [-0.39, 0.29) is 0 Å². The van der Waals surface area contributed by atoms with E-state index in [0.29, 0.717) is 17.0 Å². The molecule has 3 nitrogen and oxygen atoms in total. The van der Waals surface area contributed by atoms with E-state index in [2.05, 4.69) is 36.1 Å². The monoisotopic (exact) mass is 227 g/mol. The van der Waals surface area contributed by atoms with Crippen LogP contribution in [0.25, 0.3) is 0 Å². The first-order chi connectivity index (χ1) is 7.09. The molecule has 1 heterocycles. The largest absolute Gasteiger partial charge is 0.365 e. The average Bonchev–Trinajstić information content (AvgIpc) is 2.18. The Labute approximate surface area is 96.3 Å². The highest BCUT2D eigenvalue weighted by Crippen LogP contribution is 2.17. The second-order valence-corrected chi connectivity index (χ2v) is 4.57. The minimum Gasteiger partial charge on any atom is -0.365 e. The average molecular weight is 228 g/mol. The molecule has 0 radical (unpaired) electrons. The maximum absolute atomic E-state index is 5.89. The molecule has 0 fully saturated rings. The fourth-order valence-electron chi connectivity index (χ4n) is 1.31. The van der Waals surface area contributed by atoms with E-state index < -0.39 is 0 Å². The standard InChI is InChI=1S/C11H18ClN3/c1-8(2)4-5-9(3)15-11-10(12)13-6-7-14-11/h6-9H,4-5H2,1-3H3,(H,14,15). The zero-order valence-electron chi connectivity index (χ0n) is 9.50. The summed E-state index contributed by atoms with van der Waals surface area (Å²) >= 11 is 5.89. The molecule has 1 rings (SSSR count). The number of hydrogen-bond acceptors (Lipinski definition) is 3. The Morgan fingerprint density at radius 3 is 2.47 bits per heavy atom. The summed E-state index contributed by atoms with van der Waals surface area (Å²) in [4.78, 5) is 8.11. The Morgan fingerprint density at radius 2 is 1.87 bits per heavy atom. The number of hydrogen-bond donors (Lipinski definition) is 1. The Balaban J connectivity index is 2.44. The summed E-state index contributed by atoms with van der Waals surface area (Å²) < 4.78 is 0. The molecule has 0 aliphatic heterocycles. The smallest absolute Gasteiger partial charge is 0.171 e. The van der Waals surface area contributed by atoms with Crippen molar-refractivity contribution in [3.05, 3.63) is 17.5 Å². The molecule has 1 N–H and O–H groups in total. The van der Waals surface area contributed by atoms with Gasteiger partial charge in [-0.25, -0.2) is 9.97 Å². The highest BCUT2D eigenvalue weighted by Gasteiger charge is 2.07. The number of aromatic nitrogens is 2. The predicted octanol–water partition coefficient (Wildman–Crippen LogP) is 3.37. The van der Waals surface area contributed by atoms with Gasteiger partial charge in [0.2, 0.25) is 0 Å².